The molecule has 34 heavy (non-hydrogen) atoms. The van der Waals surface area contributed by atoms with Gasteiger partial charge in [0.25, 0.3) is 0 Å². The van der Waals surface area contributed by atoms with Crippen molar-refractivity contribution in [3.63, 3.8) is 0 Å². The van der Waals surface area contributed by atoms with Crippen molar-refractivity contribution in [1.29, 1.82) is 0 Å². The lowest BCUT2D eigenvalue weighted by molar-refractivity contribution is 0.251. The quantitative estimate of drug-likeness (QED) is 0.289. The number of nitrogens with zero attached hydrogens (tertiary/aromatic N) is 4. The number of rotatable bonds is 8. The Morgan fingerprint density at radius 3 is 2.82 bits per heavy atom. The molecule has 0 atom stereocenters. The van der Waals surface area contributed by atoms with Crippen molar-refractivity contribution < 1.29 is 4.79 Å². The summed E-state index contributed by atoms with van der Waals surface area (Å²) in [4.78, 5) is 32.1. The number of aromatic amines is 1. The molecule has 5 rings (SSSR count). The topological polar surface area (TPSA) is 111 Å². The van der Waals surface area contributed by atoms with Gasteiger partial charge in [-0.05, 0) is 64.5 Å². The van der Waals surface area contributed by atoms with Gasteiger partial charge in [-0.15, -0.1) is 0 Å². The summed E-state index contributed by atoms with van der Waals surface area (Å²) in [6.07, 6.45) is 4.98. The van der Waals surface area contributed by atoms with Gasteiger partial charge >= 0.3 is 6.03 Å². The first-order chi connectivity index (χ1) is 16.5. The molecular weight excluding hydrogens is 428 g/mol. The molecule has 9 nitrogen and oxygen atoms in total. The molecule has 1 fully saturated rings. The summed E-state index contributed by atoms with van der Waals surface area (Å²) < 4.78 is 0. The van der Waals surface area contributed by atoms with Crippen LogP contribution in [0.2, 0.25) is 0 Å². The molecule has 176 valence electrons. The highest BCUT2D eigenvalue weighted by atomic mass is 16.2. The normalized spacial score (nSPS) is 13.5. The highest BCUT2D eigenvalue weighted by Crippen LogP contribution is 2.40. The van der Waals surface area contributed by atoms with Crippen LogP contribution in [0.15, 0.2) is 36.5 Å². The molecule has 0 aliphatic heterocycles. The number of fused-ring (bicyclic) bond motifs is 2. The minimum Gasteiger partial charge on any atom is -0.342 e. The fourth-order valence-corrected chi connectivity index (χ4v) is 4.01. The summed E-state index contributed by atoms with van der Waals surface area (Å²) in [7, 11) is 4.04. The van der Waals surface area contributed by atoms with Gasteiger partial charge in [-0.25, -0.2) is 19.7 Å². The minimum atomic E-state index is -0.245. The van der Waals surface area contributed by atoms with E-state index in [-0.39, 0.29) is 6.03 Å². The second-order valence-electron chi connectivity index (χ2n) is 9.19. The summed E-state index contributed by atoms with van der Waals surface area (Å²) in [5.41, 5.74) is 5.04. The number of amides is 2. The van der Waals surface area contributed by atoms with Crippen LogP contribution in [0.1, 0.15) is 36.6 Å². The molecule has 1 aliphatic rings. The van der Waals surface area contributed by atoms with Crippen molar-refractivity contribution in [2.75, 3.05) is 37.8 Å². The van der Waals surface area contributed by atoms with E-state index in [4.69, 9.17) is 9.97 Å². The first-order valence-corrected chi connectivity index (χ1v) is 11.7. The smallest absolute Gasteiger partial charge is 0.319 e. The summed E-state index contributed by atoms with van der Waals surface area (Å²) in [6, 6.07) is 9.66. The fraction of sp³-hybridized carbons (Fsp3) is 0.360. The molecule has 1 aliphatic carbocycles. The van der Waals surface area contributed by atoms with Gasteiger partial charge in [0.1, 0.15) is 11.3 Å². The minimum absolute atomic E-state index is 0.245. The van der Waals surface area contributed by atoms with E-state index in [9.17, 15) is 4.79 Å². The van der Waals surface area contributed by atoms with Gasteiger partial charge in [-0.2, -0.15) is 0 Å². The maximum absolute atomic E-state index is 12.6. The molecule has 0 unspecified atom stereocenters. The van der Waals surface area contributed by atoms with Crippen LogP contribution < -0.4 is 16.0 Å². The van der Waals surface area contributed by atoms with Crippen LogP contribution in [0.3, 0.4) is 0 Å². The second-order valence-corrected chi connectivity index (χ2v) is 9.19. The van der Waals surface area contributed by atoms with Crippen molar-refractivity contribution in [2.45, 2.75) is 32.1 Å². The Balaban J connectivity index is 1.41. The number of hydrogen-bond acceptors (Lipinski definition) is 6. The number of aromatic nitrogens is 4. The number of benzene rings is 2. The predicted octanol–water partition coefficient (Wildman–Crippen LogP) is 4.51. The molecule has 4 N–H and O–H groups in total. The van der Waals surface area contributed by atoms with E-state index in [1.54, 1.807) is 0 Å². The maximum atomic E-state index is 12.6. The van der Waals surface area contributed by atoms with E-state index >= 15 is 0 Å². The summed E-state index contributed by atoms with van der Waals surface area (Å²) in [5.74, 6) is 1.95. The molecule has 4 aromatic rings. The van der Waals surface area contributed by atoms with Crippen molar-refractivity contribution in [3.8, 4) is 0 Å². The summed E-state index contributed by atoms with van der Waals surface area (Å²) >= 11 is 0. The Kier molecular flexibility index (Phi) is 6.02. The number of carbonyl (C=O) groups excluding carboxylic acids is 1. The molecule has 0 radical (unpaired) electrons. The van der Waals surface area contributed by atoms with Crippen LogP contribution in [0, 0.1) is 6.92 Å². The number of para-hydroxylation sites is 1. The Morgan fingerprint density at radius 2 is 2.03 bits per heavy atom. The van der Waals surface area contributed by atoms with Gasteiger partial charge in [0, 0.05) is 29.7 Å². The number of H-pyrrole nitrogens is 1. The molecule has 0 bridgehead atoms. The van der Waals surface area contributed by atoms with E-state index in [0.29, 0.717) is 24.1 Å². The third kappa shape index (κ3) is 4.94. The number of aryl methyl sites for hydroxylation is 1. The lowest BCUT2D eigenvalue weighted by Crippen LogP contribution is -2.31. The molecule has 9 heteroatoms. The summed E-state index contributed by atoms with van der Waals surface area (Å²) in [6.45, 7) is 3.55. The highest BCUT2D eigenvalue weighted by molar-refractivity contribution is 6.01. The van der Waals surface area contributed by atoms with Gasteiger partial charge in [0.05, 0.1) is 16.7 Å². The van der Waals surface area contributed by atoms with E-state index in [1.807, 2.05) is 57.5 Å². The van der Waals surface area contributed by atoms with Gasteiger partial charge in [-0.1, -0.05) is 18.2 Å². The van der Waals surface area contributed by atoms with Crippen molar-refractivity contribution in [1.82, 2.24) is 30.2 Å². The van der Waals surface area contributed by atoms with Crippen LogP contribution in [0.25, 0.3) is 21.9 Å². The first kappa shape index (κ1) is 22.1. The first-order valence-electron chi connectivity index (χ1n) is 11.7. The molecule has 1 saturated carbocycles. The number of anilines is 3. The zero-order valence-corrected chi connectivity index (χ0v) is 19.8. The highest BCUT2D eigenvalue weighted by Gasteiger charge is 2.27. The Labute approximate surface area is 198 Å². The zero-order valence-electron chi connectivity index (χ0n) is 19.8. The molecular formula is C25H30N8O. The average molecular weight is 459 g/mol. The SMILES string of the molecule is Cc1cccc2cnc(Nc3cc(NC(=O)NCCCN(C)C)c4nc(C5CC5)[nH]c4c3)nc12. The predicted molar refractivity (Wildman–Crippen MR) is 136 cm³/mol. The zero-order chi connectivity index (χ0) is 23.7. The van der Waals surface area contributed by atoms with Crippen LogP contribution in [0.5, 0.6) is 0 Å². The van der Waals surface area contributed by atoms with Gasteiger partial charge < -0.3 is 25.8 Å². The van der Waals surface area contributed by atoms with Crippen molar-refractivity contribution in [3.05, 3.63) is 47.9 Å². The fourth-order valence-electron chi connectivity index (χ4n) is 4.01. The largest absolute Gasteiger partial charge is 0.342 e. The number of carbonyl (C=O) groups is 1. The standard InChI is InChI=1S/C25H30N8O/c1-15-6-4-7-17-14-27-24(32-21(15)17)28-18-12-19-22(31-23(29-19)16-8-9-16)20(13-18)30-25(34)26-10-5-11-33(2)3/h4,6-7,12-14,16H,5,8-11H2,1-3H3,(H,29,31)(H2,26,30,34)(H,27,28,32). The Bertz CT molecular complexity index is 1340. The van der Waals surface area contributed by atoms with Crippen LogP contribution in [0.4, 0.5) is 22.1 Å². The molecule has 0 saturated heterocycles. The molecule has 2 aromatic carbocycles. The maximum Gasteiger partial charge on any atom is 0.319 e. The molecule has 2 amide bonds. The monoisotopic (exact) mass is 458 g/mol. The lowest BCUT2D eigenvalue weighted by Gasteiger charge is -2.12. The van der Waals surface area contributed by atoms with Crippen LogP contribution in [-0.4, -0.2) is 58.1 Å². The lowest BCUT2D eigenvalue weighted by atomic mass is 10.1. The van der Waals surface area contributed by atoms with Crippen molar-refractivity contribution >= 4 is 45.3 Å². The van der Waals surface area contributed by atoms with Crippen LogP contribution in [-0.2, 0) is 0 Å². The van der Waals surface area contributed by atoms with Gasteiger partial charge in [-0.3, -0.25) is 0 Å². The van der Waals surface area contributed by atoms with Gasteiger partial charge in [0.2, 0.25) is 5.95 Å². The second kappa shape index (κ2) is 9.26. The third-order valence-corrected chi connectivity index (χ3v) is 5.95. The van der Waals surface area contributed by atoms with E-state index < -0.39 is 0 Å². The van der Waals surface area contributed by atoms with E-state index in [0.717, 1.165) is 64.8 Å². The number of hydrogen-bond donors (Lipinski definition) is 4. The molecule has 2 aromatic heterocycles. The molecule has 0 spiro atoms. The number of imidazole rings is 1. The van der Waals surface area contributed by atoms with E-state index in [1.165, 1.54) is 0 Å². The average Bonchev–Trinajstić information content (AvgIpc) is 3.56. The van der Waals surface area contributed by atoms with Crippen LogP contribution >= 0.6 is 0 Å². The molecule has 2 heterocycles. The summed E-state index contributed by atoms with van der Waals surface area (Å²) in [5, 5.41) is 10.2. The van der Waals surface area contributed by atoms with Gasteiger partial charge in [0.15, 0.2) is 0 Å². The third-order valence-electron chi connectivity index (χ3n) is 5.95. The number of nitrogens with one attached hydrogen (secondary N) is 4. The Hall–Kier alpha value is -3.72. The Morgan fingerprint density at radius 1 is 1.18 bits per heavy atom. The van der Waals surface area contributed by atoms with Crippen molar-refractivity contribution in [2.24, 2.45) is 0 Å². The van der Waals surface area contributed by atoms with E-state index in [2.05, 4.69) is 30.8 Å². The number of urea groups is 1.